The molecule has 1 N–H and O–H groups in total. The fourth-order valence-electron chi connectivity index (χ4n) is 4.13. The first-order valence-corrected chi connectivity index (χ1v) is 9.34. The van der Waals surface area contributed by atoms with Crippen LogP contribution in [0, 0.1) is 9.49 Å². The second-order valence-electron chi connectivity index (χ2n) is 6.54. The molecule has 2 saturated heterocycles. The average molecular weight is 413 g/mol. The standard InChI is InChI=1S/C18H24INO2/c1-3-4-11-5-6-12(9-15(11)19)14-10-13-7-8-16(20-13)17(14)18(21)22-2/h5-6,9,13-14,16-17,20H,3-4,7-8,10H2,1-2H3/t13-,14+,16+,17-/m0/s1. The van der Waals surface area contributed by atoms with E-state index in [1.165, 1.54) is 28.2 Å². The van der Waals surface area contributed by atoms with E-state index in [9.17, 15) is 4.79 Å². The van der Waals surface area contributed by atoms with Crippen LogP contribution in [0.4, 0.5) is 0 Å². The number of rotatable bonds is 4. The summed E-state index contributed by atoms with van der Waals surface area (Å²) in [5.41, 5.74) is 2.72. The fraction of sp³-hybridized carbons (Fsp3) is 0.611. The predicted molar refractivity (Wildman–Crippen MR) is 96.0 cm³/mol. The van der Waals surface area contributed by atoms with Gasteiger partial charge in [-0.05, 0) is 65.5 Å². The monoisotopic (exact) mass is 413 g/mol. The van der Waals surface area contributed by atoms with Crippen LogP contribution in [0.15, 0.2) is 18.2 Å². The molecule has 3 rings (SSSR count). The Labute approximate surface area is 146 Å². The van der Waals surface area contributed by atoms with Gasteiger partial charge in [-0.25, -0.2) is 0 Å². The van der Waals surface area contributed by atoms with E-state index in [0.717, 1.165) is 25.7 Å². The topological polar surface area (TPSA) is 38.3 Å². The Bertz CT molecular complexity index is 560. The van der Waals surface area contributed by atoms with Crippen molar-refractivity contribution in [1.29, 1.82) is 0 Å². The van der Waals surface area contributed by atoms with Crippen LogP contribution in [0.25, 0.3) is 0 Å². The first kappa shape index (κ1) is 16.2. The van der Waals surface area contributed by atoms with E-state index in [-0.39, 0.29) is 23.8 Å². The lowest BCUT2D eigenvalue weighted by Crippen LogP contribution is -2.48. The minimum Gasteiger partial charge on any atom is -0.469 e. The molecule has 0 aromatic heterocycles. The molecule has 0 spiro atoms. The van der Waals surface area contributed by atoms with Gasteiger partial charge in [-0.3, -0.25) is 4.79 Å². The van der Waals surface area contributed by atoms with Gasteiger partial charge in [-0.15, -0.1) is 0 Å². The quantitative estimate of drug-likeness (QED) is 0.605. The number of piperidine rings is 1. The largest absolute Gasteiger partial charge is 0.469 e. The highest BCUT2D eigenvalue weighted by Crippen LogP contribution is 2.42. The minimum atomic E-state index is -0.0597. The maximum atomic E-state index is 12.3. The van der Waals surface area contributed by atoms with Gasteiger partial charge < -0.3 is 10.1 Å². The maximum absolute atomic E-state index is 12.3. The zero-order chi connectivity index (χ0) is 15.7. The second kappa shape index (κ2) is 6.87. The highest BCUT2D eigenvalue weighted by Gasteiger charge is 2.46. The number of carbonyl (C=O) groups is 1. The minimum absolute atomic E-state index is 0.0448. The summed E-state index contributed by atoms with van der Waals surface area (Å²) in [6.45, 7) is 2.21. The van der Waals surface area contributed by atoms with E-state index in [2.05, 4.69) is 53.0 Å². The van der Waals surface area contributed by atoms with Crippen molar-refractivity contribution in [3.05, 3.63) is 32.9 Å². The Kier molecular flexibility index (Phi) is 5.07. The number of hydrogen-bond acceptors (Lipinski definition) is 3. The highest BCUT2D eigenvalue weighted by molar-refractivity contribution is 14.1. The molecule has 0 unspecified atom stereocenters. The Morgan fingerprint density at radius 3 is 2.91 bits per heavy atom. The number of fused-ring (bicyclic) bond motifs is 2. The molecule has 2 bridgehead atoms. The van der Waals surface area contributed by atoms with E-state index >= 15 is 0 Å². The molecular weight excluding hydrogens is 389 g/mol. The Balaban J connectivity index is 1.91. The molecule has 0 aliphatic carbocycles. The average Bonchev–Trinajstić information content (AvgIpc) is 2.90. The van der Waals surface area contributed by atoms with Gasteiger partial charge in [0.05, 0.1) is 13.0 Å². The molecule has 0 saturated carbocycles. The number of aryl methyl sites for hydroxylation is 1. The first-order chi connectivity index (χ1) is 10.6. The highest BCUT2D eigenvalue weighted by atomic mass is 127. The number of carbonyl (C=O) groups excluding carboxylic acids is 1. The third-order valence-corrected chi connectivity index (χ3v) is 6.18. The van der Waals surface area contributed by atoms with E-state index in [1.54, 1.807) is 0 Å². The summed E-state index contributed by atoms with van der Waals surface area (Å²) in [5, 5.41) is 3.60. The van der Waals surface area contributed by atoms with Crippen molar-refractivity contribution in [3.8, 4) is 0 Å². The van der Waals surface area contributed by atoms with Crippen molar-refractivity contribution in [3.63, 3.8) is 0 Å². The number of benzene rings is 1. The third-order valence-electron chi connectivity index (χ3n) is 5.18. The summed E-state index contributed by atoms with van der Waals surface area (Å²) in [6, 6.07) is 7.61. The van der Waals surface area contributed by atoms with Gasteiger partial charge in [0.1, 0.15) is 0 Å². The normalized spacial score (nSPS) is 30.3. The van der Waals surface area contributed by atoms with Gasteiger partial charge in [0, 0.05) is 21.6 Å². The molecule has 4 heteroatoms. The van der Waals surface area contributed by atoms with E-state index < -0.39 is 0 Å². The summed E-state index contributed by atoms with van der Waals surface area (Å²) in [6.07, 6.45) is 5.60. The molecule has 2 aliphatic heterocycles. The predicted octanol–water partition coefficient (Wildman–Crippen LogP) is 3.64. The van der Waals surface area contributed by atoms with Crippen LogP contribution >= 0.6 is 22.6 Å². The van der Waals surface area contributed by atoms with Crippen LogP contribution in [0.2, 0.25) is 0 Å². The van der Waals surface area contributed by atoms with Crippen LogP contribution < -0.4 is 5.32 Å². The fourth-order valence-corrected chi connectivity index (χ4v) is 4.94. The molecule has 22 heavy (non-hydrogen) atoms. The third kappa shape index (κ3) is 3.04. The lowest BCUT2D eigenvalue weighted by atomic mass is 9.77. The molecule has 4 atom stereocenters. The second-order valence-corrected chi connectivity index (χ2v) is 7.70. The molecule has 3 nitrogen and oxygen atoms in total. The zero-order valence-electron chi connectivity index (χ0n) is 13.3. The molecule has 1 aromatic rings. The van der Waals surface area contributed by atoms with Crippen LogP contribution in [0.3, 0.4) is 0 Å². The van der Waals surface area contributed by atoms with Crippen molar-refractivity contribution in [1.82, 2.24) is 5.32 Å². The number of esters is 1. The van der Waals surface area contributed by atoms with Gasteiger partial charge in [-0.2, -0.15) is 0 Å². The van der Waals surface area contributed by atoms with Crippen molar-refractivity contribution in [2.45, 2.75) is 57.0 Å². The lowest BCUT2D eigenvalue weighted by molar-refractivity contribution is -0.148. The molecular formula is C18H24INO2. The summed E-state index contributed by atoms with van der Waals surface area (Å²) >= 11 is 2.43. The van der Waals surface area contributed by atoms with Crippen LogP contribution in [0.1, 0.15) is 49.7 Å². The van der Waals surface area contributed by atoms with Crippen LogP contribution in [0.5, 0.6) is 0 Å². The number of nitrogens with one attached hydrogen (secondary N) is 1. The van der Waals surface area contributed by atoms with Gasteiger partial charge in [-0.1, -0.05) is 25.5 Å². The number of methoxy groups -OCH3 is 1. The molecule has 2 aliphatic rings. The van der Waals surface area contributed by atoms with Crippen molar-refractivity contribution in [2.75, 3.05) is 7.11 Å². The molecule has 120 valence electrons. The summed E-state index contributed by atoms with van der Waals surface area (Å²) in [5.74, 6) is 0.183. The molecule has 2 heterocycles. The van der Waals surface area contributed by atoms with Gasteiger partial charge >= 0.3 is 5.97 Å². The van der Waals surface area contributed by atoms with Crippen molar-refractivity contribution < 1.29 is 9.53 Å². The lowest BCUT2D eigenvalue weighted by Gasteiger charge is -2.36. The molecule has 0 amide bonds. The van der Waals surface area contributed by atoms with Gasteiger partial charge in [0.15, 0.2) is 0 Å². The maximum Gasteiger partial charge on any atom is 0.310 e. The number of ether oxygens (including phenoxy) is 1. The molecule has 1 aromatic carbocycles. The Hall–Kier alpha value is -0.620. The van der Waals surface area contributed by atoms with Crippen LogP contribution in [-0.2, 0) is 16.0 Å². The summed E-state index contributed by atoms with van der Waals surface area (Å²) < 4.78 is 6.43. The Morgan fingerprint density at radius 1 is 1.41 bits per heavy atom. The van der Waals surface area contributed by atoms with Crippen LogP contribution in [-0.4, -0.2) is 25.2 Å². The zero-order valence-corrected chi connectivity index (χ0v) is 15.4. The van der Waals surface area contributed by atoms with E-state index in [1.807, 2.05) is 0 Å². The number of halogens is 1. The van der Waals surface area contributed by atoms with Crippen molar-refractivity contribution in [2.24, 2.45) is 5.92 Å². The number of hydrogen-bond donors (Lipinski definition) is 1. The van der Waals surface area contributed by atoms with E-state index in [4.69, 9.17) is 4.74 Å². The van der Waals surface area contributed by atoms with Gasteiger partial charge in [0.25, 0.3) is 0 Å². The van der Waals surface area contributed by atoms with E-state index in [0.29, 0.717) is 6.04 Å². The summed E-state index contributed by atoms with van der Waals surface area (Å²) in [7, 11) is 1.51. The SMILES string of the molecule is CCCc1ccc([C@H]2C[C@@H]3CC[C@@H](N3)[C@H]2C(=O)OC)cc1I. The first-order valence-electron chi connectivity index (χ1n) is 8.26. The molecule has 2 fully saturated rings. The van der Waals surface area contributed by atoms with Crippen molar-refractivity contribution >= 4 is 28.6 Å². The Morgan fingerprint density at radius 2 is 2.23 bits per heavy atom. The smallest absolute Gasteiger partial charge is 0.310 e. The van der Waals surface area contributed by atoms with Gasteiger partial charge in [0.2, 0.25) is 0 Å². The summed E-state index contributed by atoms with van der Waals surface area (Å²) in [4.78, 5) is 12.3. The molecule has 0 radical (unpaired) electrons.